The van der Waals surface area contributed by atoms with Crippen LogP contribution in [0.1, 0.15) is 26.4 Å². The molecule has 21 heavy (non-hydrogen) atoms. The number of amides is 1. The van der Waals surface area contributed by atoms with Crippen molar-refractivity contribution in [1.82, 2.24) is 14.9 Å². The van der Waals surface area contributed by atoms with Gasteiger partial charge in [0, 0.05) is 37.7 Å². The van der Waals surface area contributed by atoms with Crippen molar-refractivity contribution >= 4 is 11.9 Å². The number of carbonyl (C=O) groups excluding carboxylic acids is 1. The van der Waals surface area contributed by atoms with Crippen LogP contribution in [0.2, 0.25) is 0 Å². The molecule has 0 aromatic carbocycles. The van der Waals surface area contributed by atoms with Crippen molar-refractivity contribution in [2.45, 2.75) is 6.42 Å². The Morgan fingerprint density at radius 3 is 2.57 bits per heavy atom. The first-order chi connectivity index (χ1) is 10.1. The third-order valence-corrected chi connectivity index (χ3v) is 3.06. The second kappa shape index (κ2) is 6.60. The highest BCUT2D eigenvalue weighted by Crippen LogP contribution is 2.07. The van der Waals surface area contributed by atoms with Crippen LogP contribution >= 0.6 is 0 Å². The normalized spacial score (nSPS) is 10.1. The van der Waals surface area contributed by atoms with E-state index in [4.69, 9.17) is 5.11 Å². The lowest BCUT2D eigenvalue weighted by atomic mass is 10.1. The Morgan fingerprint density at radius 1 is 1.19 bits per heavy atom. The van der Waals surface area contributed by atoms with Crippen molar-refractivity contribution in [3.8, 4) is 0 Å². The Balaban J connectivity index is 2.02. The number of aromatic carboxylic acids is 1. The molecule has 2 rings (SSSR count). The minimum Gasteiger partial charge on any atom is -0.477 e. The summed E-state index contributed by atoms with van der Waals surface area (Å²) >= 11 is 0. The number of rotatable bonds is 5. The van der Waals surface area contributed by atoms with Crippen LogP contribution in [0.25, 0.3) is 0 Å². The van der Waals surface area contributed by atoms with Crippen molar-refractivity contribution in [2.24, 2.45) is 0 Å². The fourth-order valence-corrected chi connectivity index (χ4v) is 1.85. The lowest BCUT2D eigenvalue weighted by Crippen LogP contribution is -2.29. The summed E-state index contributed by atoms with van der Waals surface area (Å²) in [6.07, 6.45) is 5.45. The predicted molar refractivity (Wildman–Crippen MR) is 76.1 cm³/mol. The van der Waals surface area contributed by atoms with Gasteiger partial charge in [-0.25, -0.2) is 9.78 Å². The molecular weight excluding hydrogens is 270 g/mol. The molecule has 2 heterocycles. The standard InChI is InChI=1S/C15H15N3O3/c1-18(9-5-11-2-6-16-7-3-11)14(19)12-4-8-17-13(10-12)15(20)21/h2-4,6-8,10H,5,9H2,1H3,(H,20,21). The molecule has 0 saturated heterocycles. The topological polar surface area (TPSA) is 83.4 Å². The zero-order valence-electron chi connectivity index (χ0n) is 11.6. The molecule has 0 aliphatic heterocycles. The lowest BCUT2D eigenvalue weighted by Gasteiger charge is -2.17. The Hall–Kier alpha value is -2.76. The van der Waals surface area contributed by atoms with Crippen molar-refractivity contribution < 1.29 is 14.7 Å². The van der Waals surface area contributed by atoms with Crippen LogP contribution in [0.4, 0.5) is 0 Å². The van der Waals surface area contributed by atoms with Crippen LogP contribution < -0.4 is 0 Å². The molecular formula is C15H15N3O3. The van der Waals surface area contributed by atoms with Crippen molar-refractivity contribution in [3.63, 3.8) is 0 Å². The minimum absolute atomic E-state index is 0.136. The number of carboxylic acids is 1. The molecule has 6 nitrogen and oxygen atoms in total. The van der Waals surface area contributed by atoms with E-state index in [9.17, 15) is 9.59 Å². The molecule has 0 unspecified atom stereocenters. The Bertz CT molecular complexity index is 644. The number of likely N-dealkylation sites (N-methyl/N-ethyl adjacent to an activating group) is 1. The maximum absolute atomic E-state index is 12.2. The summed E-state index contributed by atoms with van der Waals surface area (Å²) < 4.78 is 0. The van der Waals surface area contributed by atoms with Gasteiger partial charge in [0.2, 0.25) is 0 Å². The number of pyridine rings is 2. The van der Waals surface area contributed by atoms with Crippen LogP contribution in [0.3, 0.4) is 0 Å². The van der Waals surface area contributed by atoms with Gasteiger partial charge in [-0.2, -0.15) is 0 Å². The summed E-state index contributed by atoms with van der Waals surface area (Å²) in [7, 11) is 1.68. The second-order valence-corrected chi connectivity index (χ2v) is 4.57. The second-order valence-electron chi connectivity index (χ2n) is 4.57. The number of aromatic nitrogens is 2. The van der Waals surface area contributed by atoms with Gasteiger partial charge >= 0.3 is 5.97 Å². The molecule has 2 aromatic rings. The van der Waals surface area contributed by atoms with Crippen LogP contribution in [0, 0.1) is 0 Å². The van der Waals surface area contributed by atoms with Crippen LogP contribution in [0.15, 0.2) is 42.9 Å². The van der Waals surface area contributed by atoms with E-state index in [1.807, 2.05) is 12.1 Å². The van der Waals surface area contributed by atoms with E-state index in [0.717, 1.165) is 5.56 Å². The first-order valence-corrected chi connectivity index (χ1v) is 6.41. The van der Waals surface area contributed by atoms with Crippen molar-refractivity contribution in [3.05, 3.63) is 59.7 Å². The highest BCUT2D eigenvalue weighted by atomic mass is 16.4. The Labute approximate surface area is 122 Å². The maximum atomic E-state index is 12.2. The molecule has 0 fully saturated rings. The first-order valence-electron chi connectivity index (χ1n) is 6.41. The van der Waals surface area contributed by atoms with Gasteiger partial charge < -0.3 is 10.0 Å². The van der Waals surface area contributed by atoms with Gasteiger partial charge in [0.1, 0.15) is 5.69 Å². The van der Waals surface area contributed by atoms with Gasteiger partial charge in [-0.1, -0.05) is 0 Å². The van der Waals surface area contributed by atoms with Gasteiger partial charge in [0.15, 0.2) is 0 Å². The van der Waals surface area contributed by atoms with E-state index in [2.05, 4.69) is 9.97 Å². The molecule has 2 aromatic heterocycles. The number of hydrogen-bond donors (Lipinski definition) is 1. The SMILES string of the molecule is CN(CCc1ccncc1)C(=O)c1ccnc(C(=O)O)c1. The van der Waals surface area contributed by atoms with Crippen molar-refractivity contribution in [1.29, 1.82) is 0 Å². The average Bonchev–Trinajstić information content (AvgIpc) is 2.53. The van der Waals surface area contributed by atoms with Crippen LogP contribution in [0.5, 0.6) is 0 Å². The molecule has 0 spiro atoms. The van der Waals surface area contributed by atoms with E-state index in [1.165, 1.54) is 18.3 Å². The van der Waals surface area contributed by atoms with E-state index >= 15 is 0 Å². The molecule has 0 atom stereocenters. The molecule has 0 saturated carbocycles. The molecule has 108 valence electrons. The number of nitrogens with zero attached hydrogens (tertiary/aromatic N) is 3. The summed E-state index contributed by atoms with van der Waals surface area (Å²) in [6.45, 7) is 0.535. The van der Waals surface area contributed by atoms with Gasteiger partial charge in [-0.3, -0.25) is 9.78 Å². The fraction of sp³-hybridized carbons (Fsp3) is 0.200. The number of carbonyl (C=O) groups is 2. The van der Waals surface area contributed by atoms with Crippen LogP contribution in [-0.4, -0.2) is 45.4 Å². The average molecular weight is 285 g/mol. The van der Waals surface area contributed by atoms with E-state index in [0.29, 0.717) is 18.5 Å². The molecule has 1 amide bonds. The predicted octanol–water partition coefficient (Wildman–Crippen LogP) is 1.49. The van der Waals surface area contributed by atoms with Crippen LogP contribution in [-0.2, 0) is 6.42 Å². The number of hydrogen-bond acceptors (Lipinski definition) is 4. The summed E-state index contributed by atoms with van der Waals surface area (Å²) in [5.41, 5.74) is 1.27. The van der Waals surface area contributed by atoms with Gasteiger partial charge in [0.05, 0.1) is 0 Å². The molecule has 0 aliphatic rings. The summed E-state index contributed by atoms with van der Waals surface area (Å²) in [6, 6.07) is 6.59. The first kappa shape index (κ1) is 14.6. The molecule has 0 bridgehead atoms. The van der Waals surface area contributed by atoms with Gasteiger partial charge in [-0.05, 0) is 36.2 Å². The Kier molecular flexibility index (Phi) is 4.61. The maximum Gasteiger partial charge on any atom is 0.354 e. The lowest BCUT2D eigenvalue weighted by molar-refractivity contribution is 0.0690. The Morgan fingerprint density at radius 2 is 1.90 bits per heavy atom. The highest BCUT2D eigenvalue weighted by Gasteiger charge is 2.14. The zero-order valence-corrected chi connectivity index (χ0v) is 11.6. The molecule has 0 radical (unpaired) electrons. The summed E-state index contributed by atoms with van der Waals surface area (Å²) in [4.78, 5) is 32.3. The third-order valence-electron chi connectivity index (χ3n) is 3.06. The monoisotopic (exact) mass is 285 g/mol. The fourth-order valence-electron chi connectivity index (χ4n) is 1.85. The summed E-state index contributed by atoms with van der Waals surface area (Å²) in [5, 5.41) is 8.89. The minimum atomic E-state index is -1.15. The smallest absolute Gasteiger partial charge is 0.354 e. The quantitative estimate of drug-likeness (QED) is 0.899. The van der Waals surface area contributed by atoms with E-state index in [-0.39, 0.29) is 11.6 Å². The third kappa shape index (κ3) is 3.85. The zero-order chi connectivity index (χ0) is 15.2. The van der Waals surface area contributed by atoms with E-state index in [1.54, 1.807) is 24.3 Å². The molecule has 6 heteroatoms. The van der Waals surface area contributed by atoms with Gasteiger partial charge in [0.25, 0.3) is 5.91 Å². The largest absolute Gasteiger partial charge is 0.477 e. The molecule has 1 N–H and O–H groups in total. The summed E-state index contributed by atoms with van der Waals surface area (Å²) in [5.74, 6) is -1.38. The molecule has 0 aliphatic carbocycles. The van der Waals surface area contributed by atoms with Gasteiger partial charge in [-0.15, -0.1) is 0 Å². The van der Waals surface area contributed by atoms with Crippen molar-refractivity contribution in [2.75, 3.05) is 13.6 Å². The highest BCUT2D eigenvalue weighted by molar-refractivity contribution is 5.96. The number of carboxylic acid groups (broad SMARTS) is 1. The van der Waals surface area contributed by atoms with E-state index < -0.39 is 5.97 Å².